The molecule has 0 unspecified atom stereocenters. The first-order valence-corrected chi connectivity index (χ1v) is 8.31. The Morgan fingerprint density at radius 3 is 2.15 bits per heavy atom. The van der Waals surface area contributed by atoms with Gasteiger partial charge >= 0.3 is 11.9 Å². The largest absolute Gasteiger partial charge is 0.493 e. The number of carbonyl (C=O) groups is 2. The van der Waals surface area contributed by atoms with E-state index >= 15 is 0 Å². The molecule has 0 heterocycles. The Balaban J connectivity index is 0.000000527. The van der Waals surface area contributed by atoms with Gasteiger partial charge < -0.3 is 25.0 Å². The van der Waals surface area contributed by atoms with Crippen LogP contribution in [0.15, 0.2) is 42.5 Å². The van der Waals surface area contributed by atoms with Crippen LogP contribution in [-0.2, 0) is 22.6 Å². The van der Waals surface area contributed by atoms with Crippen LogP contribution < -0.4 is 14.8 Å². The van der Waals surface area contributed by atoms with Crippen molar-refractivity contribution in [1.29, 1.82) is 0 Å². The second-order valence-electron chi connectivity index (χ2n) is 5.65. The van der Waals surface area contributed by atoms with Crippen molar-refractivity contribution in [2.24, 2.45) is 0 Å². The number of hydrogen-bond acceptors (Lipinski definition) is 5. The molecular formula is C20H25NO6. The molecule has 0 aromatic heterocycles. The number of carboxylic acids is 2. The smallest absolute Gasteiger partial charge is 0.414 e. The van der Waals surface area contributed by atoms with E-state index in [0.29, 0.717) is 0 Å². The van der Waals surface area contributed by atoms with Crippen molar-refractivity contribution in [2.45, 2.75) is 19.9 Å². The van der Waals surface area contributed by atoms with Gasteiger partial charge in [0.1, 0.15) is 0 Å². The summed E-state index contributed by atoms with van der Waals surface area (Å²) in [5.41, 5.74) is 3.92. The average Bonchev–Trinajstić information content (AvgIpc) is 2.66. The highest BCUT2D eigenvalue weighted by molar-refractivity contribution is 6.27. The molecule has 146 valence electrons. The van der Waals surface area contributed by atoms with Gasteiger partial charge in [0.2, 0.25) is 0 Å². The van der Waals surface area contributed by atoms with E-state index in [1.165, 1.54) is 16.7 Å². The monoisotopic (exact) mass is 375 g/mol. The molecule has 2 rings (SSSR count). The maximum Gasteiger partial charge on any atom is 0.414 e. The van der Waals surface area contributed by atoms with Crippen molar-refractivity contribution in [3.05, 3.63) is 59.2 Å². The normalized spacial score (nSPS) is 9.74. The first-order chi connectivity index (χ1) is 12.9. The van der Waals surface area contributed by atoms with Crippen LogP contribution in [0, 0.1) is 6.92 Å². The Hall–Kier alpha value is -3.06. The topological polar surface area (TPSA) is 105 Å². The molecular weight excluding hydrogens is 350 g/mol. The minimum absolute atomic E-state index is 0.772. The fourth-order valence-corrected chi connectivity index (χ4v) is 2.30. The average molecular weight is 375 g/mol. The molecule has 3 N–H and O–H groups in total. The van der Waals surface area contributed by atoms with Crippen LogP contribution >= 0.6 is 0 Å². The summed E-state index contributed by atoms with van der Waals surface area (Å²) in [5.74, 6) is -2.09. The lowest BCUT2D eigenvalue weighted by Gasteiger charge is -2.10. The van der Waals surface area contributed by atoms with Crippen molar-refractivity contribution < 1.29 is 29.3 Å². The summed E-state index contributed by atoms with van der Waals surface area (Å²) < 4.78 is 10.6. The predicted octanol–water partition coefficient (Wildman–Crippen LogP) is 2.50. The maximum absolute atomic E-state index is 9.10. The van der Waals surface area contributed by atoms with Crippen LogP contribution in [0.25, 0.3) is 0 Å². The molecule has 0 bridgehead atoms. The second-order valence-corrected chi connectivity index (χ2v) is 5.65. The number of carboxylic acid groups (broad SMARTS) is 2. The molecule has 0 saturated carbocycles. The third-order valence-electron chi connectivity index (χ3n) is 3.80. The maximum atomic E-state index is 9.10. The lowest BCUT2D eigenvalue weighted by atomic mass is 10.1. The van der Waals surface area contributed by atoms with E-state index in [9.17, 15) is 0 Å². The van der Waals surface area contributed by atoms with Gasteiger partial charge in [-0.25, -0.2) is 9.59 Å². The lowest BCUT2D eigenvalue weighted by Crippen LogP contribution is -2.17. The molecule has 0 saturated heterocycles. The van der Waals surface area contributed by atoms with E-state index in [1.54, 1.807) is 14.2 Å². The van der Waals surface area contributed by atoms with Crippen molar-refractivity contribution >= 4 is 11.9 Å². The number of ether oxygens (including phenoxy) is 2. The van der Waals surface area contributed by atoms with Crippen molar-refractivity contribution in [1.82, 2.24) is 5.32 Å². The Morgan fingerprint density at radius 2 is 1.59 bits per heavy atom. The third kappa shape index (κ3) is 7.79. The molecule has 2 aromatic carbocycles. The molecule has 7 heteroatoms. The summed E-state index contributed by atoms with van der Waals surface area (Å²) >= 11 is 0. The molecule has 0 aliphatic heterocycles. The van der Waals surface area contributed by atoms with E-state index in [4.69, 9.17) is 29.3 Å². The number of aryl methyl sites for hydroxylation is 1. The fourth-order valence-electron chi connectivity index (χ4n) is 2.30. The van der Waals surface area contributed by atoms with E-state index in [1.807, 2.05) is 12.1 Å². The lowest BCUT2D eigenvalue weighted by molar-refractivity contribution is -0.159. The summed E-state index contributed by atoms with van der Waals surface area (Å²) in [7, 11) is 3.32. The van der Waals surface area contributed by atoms with Gasteiger partial charge in [0.05, 0.1) is 14.2 Å². The molecule has 0 aliphatic rings. The Bertz CT molecular complexity index is 748. The molecule has 7 nitrogen and oxygen atoms in total. The van der Waals surface area contributed by atoms with Crippen LogP contribution in [0.5, 0.6) is 11.5 Å². The number of aliphatic carboxylic acids is 2. The van der Waals surface area contributed by atoms with E-state index in [0.717, 1.165) is 31.0 Å². The van der Waals surface area contributed by atoms with E-state index in [-0.39, 0.29) is 0 Å². The van der Waals surface area contributed by atoms with Crippen LogP contribution in [0.1, 0.15) is 16.7 Å². The molecule has 0 atom stereocenters. The van der Waals surface area contributed by atoms with Gasteiger partial charge in [0.25, 0.3) is 0 Å². The Morgan fingerprint density at radius 1 is 0.963 bits per heavy atom. The van der Waals surface area contributed by atoms with Gasteiger partial charge in [-0.2, -0.15) is 0 Å². The molecule has 0 aliphatic carbocycles. The zero-order valence-corrected chi connectivity index (χ0v) is 15.7. The minimum atomic E-state index is -1.82. The van der Waals surface area contributed by atoms with Crippen molar-refractivity contribution in [3.63, 3.8) is 0 Å². The molecule has 2 aromatic rings. The molecule has 0 fully saturated rings. The summed E-state index contributed by atoms with van der Waals surface area (Å²) in [4.78, 5) is 18.2. The SMILES string of the molecule is COc1ccc(CCNCc2ccccc2C)cc1OC.O=C(O)C(=O)O. The number of rotatable bonds is 7. The van der Waals surface area contributed by atoms with Gasteiger partial charge in [0, 0.05) is 6.54 Å². The first kappa shape index (κ1) is 22.0. The number of hydrogen-bond donors (Lipinski definition) is 3. The fraction of sp³-hybridized carbons (Fsp3) is 0.300. The van der Waals surface area contributed by atoms with Gasteiger partial charge in [-0.15, -0.1) is 0 Å². The van der Waals surface area contributed by atoms with Crippen LogP contribution in [-0.4, -0.2) is 42.9 Å². The van der Waals surface area contributed by atoms with Crippen molar-refractivity contribution in [3.8, 4) is 11.5 Å². The van der Waals surface area contributed by atoms with Gasteiger partial charge in [-0.05, 0) is 48.7 Å². The predicted molar refractivity (Wildman–Crippen MR) is 101 cm³/mol. The highest BCUT2D eigenvalue weighted by Crippen LogP contribution is 2.27. The van der Waals surface area contributed by atoms with Gasteiger partial charge in [-0.3, -0.25) is 0 Å². The van der Waals surface area contributed by atoms with Gasteiger partial charge in [0.15, 0.2) is 11.5 Å². The zero-order chi connectivity index (χ0) is 20.2. The summed E-state index contributed by atoms with van der Waals surface area (Å²) in [6.45, 7) is 3.98. The molecule has 0 spiro atoms. The molecule has 0 radical (unpaired) electrons. The van der Waals surface area contributed by atoms with Crippen LogP contribution in [0.3, 0.4) is 0 Å². The van der Waals surface area contributed by atoms with Crippen LogP contribution in [0.2, 0.25) is 0 Å². The zero-order valence-electron chi connectivity index (χ0n) is 15.7. The number of nitrogens with one attached hydrogen (secondary N) is 1. The highest BCUT2D eigenvalue weighted by atomic mass is 16.5. The quantitative estimate of drug-likeness (QED) is 0.504. The number of methoxy groups -OCH3 is 2. The highest BCUT2D eigenvalue weighted by Gasteiger charge is 2.05. The van der Waals surface area contributed by atoms with Crippen LogP contribution in [0.4, 0.5) is 0 Å². The standard InChI is InChI=1S/C18H23NO2.C2H2O4/c1-14-6-4-5-7-16(14)13-19-11-10-15-8-9-17(20-2)18(12-15)21-3;3-1(4)2(5)6/h4-9,12,19H,10-11,13H2,1-3H3;(H,3,4)(H,5,6). The van der Waals surface area contributed by atoms with E-state index < -0.39 is 11.9 Å². The molecule has 27 heavy (non-hydrogen) atoms. The van der Waals surface area contributed by atoms with Gasteiger partial charge in [-0.1, -0.05) is 30.3 Å². The summed E-state index contributed by atoms with van der Waals surface area (Å²) in [6, 6.07) is 14.5. The third-order valence-corrected chi connectivity index (χ3v) is 3.80. The Kier molecular flexibility index (Phi) is 9.39. The summed E-state index contributed by atoms with van der Waals surface area (Å²) in [6.07, 6.45) is 0.965. The first-order valence-electron chi connectivity index (χ1n) is 8.31. The summed E-state index contributed by atoms with van der Waals surface area (Å²) in [5, 5.41) is 18.3. The molecule has 0 amide bonds. The second kappa shape index (κ2) is 11.5. The van der Waals surface area contributed by atoms with Crippen molar-refractivity contribution in [2.75, 3.05) is 20.8 Å². The minimum Gasteiger partial charge on any atom is -0.493 e. The number of benzene rings is 2. The van der Waals surface area contributed by atoms with E-state index in [2.05, 4.69) is 42.6 Å². The Labute approximate surface area is 158 Å².